The lowest BCUT2D eigenvalue weighted by Gasteiger charge is -2.30. The zero-order chi connectivity index (χ0) is 10.7. The molecule has 0 heterocycles. The molecule has 0 spiro atoms. The summed E-state index contributed by atoms with van der Waals surface area (Å²) in [5, 5.41) is 2.65. The molecule has 0 radical (unpaired) electrons. The van der Waals surface area contributed by atoms with E-state index in [9.17, 15) is 13.2 Å². The van der Waals surface area contributed by atoms with Crippen molar-refractivity contribution >= 4 is 0 Å². The van der Waals surface area contributed by atoms with Gasteiger partial charge in [-0.25, -0.2) is 0 Å². The summed E-state index contributed by atoms with van der Waals surface area (Å²) in [6.45, 7) is 1.05. The highest BCUT2D eigenvalue weighted by Crippen LogP contribution is 2.27. The van der Waals surface area contributed by atoms with Crippen LogP contribution in [0.4, 0.5) is 13.2 Å². The number of rotatable bonds is 2. The lowest BCUT2D eigenvalue weighted by Crippen LogP contribution is -2.46. The van der Waals surface area contributed by atoms with Crippen LogP contribution in [0.5, 0.6) is 0 Å². The maximum absolute atomic E-state index is 12.0. The minimum Gasteiger partial charge on any atom is -0.303 e. The van der Waals surface area contributed by atoms with Crippen LogP contribution in [0.15, 0.2) is 0 Å². The van der Waals surface area contributed by atoms with Gasteiger partial charge in [-0.2, -0.15) is 13.2 Å². The summed E-state index contributed by atoms with van der Waals surface area (Å²) >= 11 is 0. The van der Waals surface area contributed by atoms with Crippen molar-refractivity contribution in [3.63, 3.8) is 0 Å². The van der Waals surface area contributed by atoms with Crippen molar-refractivity contribution < 1.29 is 13.2 Å². The highest BCUT2D eigenvalue weighted by molar-refractivity contribution is 4.85. The van der Waals surface area contributed by atoms with Gasteiger partial charge in [0.1, 0.15) is 0 Å². The average Bonchev–Trinajstić information content (AvgIpc) is 2.27. The summed E-state index contributed by atoms with van der Waals surface area (Å²) in [5.41, 5.74) is -0.300. The predicted octanol–water partition coefficient (Wildman–Crippen LogP) is 3.25. The van der Waals surface area contributed by atoms with Gasteiger partial charge in [-0.3, -0.25) is 0 Å². The van der Waals surface area contributed by atoms with Crippen LogP contribution < -0.4 is 5.32 Å². The van der Waals surface area contributed by atoms with E-state index in [1.54, 1.807) is 0 Å². The van der Waals surface area contributed by atoms with Crippen LogP contribution in [0.25, 0.3) is 0 Å². The highest BCUT2D eigenvalue weighted by Gasteiger charge is 2.32. The van der Waals surface area contributed by atoms with Crippen LogP contribution in [-0.2, 0) is 0 Å². The Bertz CT molecular complexity index is 169. The van der Waals surface area contributed by atoms with Gasteiger partial charge >= 0.3 is 6.18 Å². The molecule has 1 N–H and O–H groups in total. The van der Waals surface area contributed by atoms with Gasteiger partial charge in [0.25, 0.3) is 0 Å². The summed E-state index contributed by atoms with van der Waals surface area (Å²) < 4.78 is 36.1. The topological polar surface area (TPSA) is 12.0 Å². The zero-order valence-corrected chi connectivity index (χ0v) is 8.58. The van der Waals surface area contributed by atoms with Crippen molar-refractivity contribution in [3.8, 4) is 0 Å². The fraction of sp³-hybridized carbons (Fsp3) is 1.00. The Kier molecular flexibility index (Phi) is 3.81. The minimum absolute atomic E-state index is 0.300. The van der Waals surface area contributed by atoms with Crippen molar-refractivity contribution in [3.05, 3.63) is 0 Å². The molecule has 1 aliphatic rings. The van der Waals surface area contributed by atoms with E-state index in [1.165, 1.54) is 0 Å². The third-order valence-corrected chi connectivity index (χ3v) is 2.92. The van der Waals surface area contributed by atoms with Gasteiger partial charge in [0.2, 0.25) is 0 Å². The lowest BCUT2D eigenvalue weighted by molar-refractivity contribution is -0.128. The molecule has 0 aromatic heterocycles. The van der Waals surface area contributed by atoms with E-state index in [0.29, 0.717) is 0 Å². The maximum atomic E-state index is 12.0. The Labute approximate surface area is 83.1 Å². The molecule has 0 aliphatic heterocycles. The predicted molar refractivity (Wildman–Crippen MR) is 50.2 cm³/mol. The van der Waals surface area contributed by atoms with Gasteiger partial charge < -0.3 is 5.32 Å². The molecule has 0 bridgehead atoms. The minimum atomic E-state index is -4.09. The molecular weight excluding hydrogens is 191 g/mol. The number of hydrogen-bond acceptors (Lipinski definition) is 1. The quantitative estimate of drug-likeness (QED) is 0.688. The average molecular weight is 209 g/mol. The molecule has 1 nitrogen and oxygen atoms in total. The first-order valence-corrected chi connectivity index (χ1v) is 5.23. The largest absolute Gasteiger partial charge is 0.401 e. The van der Waals surface area contributed by atoms with Crippen LogP contribution in [0, 0.1) is 0 Å². The highest BCUT2D eigenvalue weighted by atomic mass is 19.4. The monoisotopic (exact) mass is 209 g/mol. The summed E-state index contributed by atoms with van der Waals surface area (Å²) in [6, 6.07) is 0. The summed E-state index contributed by atoms with van der Waals surface area (Å²) in [6.07, 6.45) is 2.04. The Morgan fingerprint density at radius 2 is 1.57 bits per heavy atom. The molecule has 0 aromatic carbocycles. The van der Waals surface area contributed by atoms with E-state index in [-0.39, 0.29) is 5.54 Å². The molecule has 0 atom stereocenters. The van der Waals surface area contributed by atoms with Crippen LogP contribution in [-0.4, -0.2) is 18.3 Å². The van der Waals surface area contributed by atoms with E-state index in [4.69, 9.17) is 0 Å². The van der Waals surface area contributed by atoms with E-state index in [0.717, 1.165) is 38.5 Å². The molecule has 0 aromatic rings. The molecule has 1 rings (SSSR count). The molecular formula is C10H18F3N. The fourth-order valence-corrected chi connectivity index (χ4v) is 2.00. The number of halogens is 3. The smallest absolute Gasteiger partial charge is 0.303 e. The molecule has 1 aliphatic carbocycles. The second kappa shape index (κ2) is 4.51. The molecule has 4 heteroatoms. The Morgan fingerprint density at radius 3 is 2.00 bits per heavy atom. The summed E-state index contributed by atoms with van der Waals surface area (Å²) in [4.78, 5) is 0. The Morgan fingerprint density at radius 1 is 1.07 bits per heavy atom. The van der Waals surface area contributed by atoms with Gasteiger partial charge in [0.15, 0.2) is 0 Å². The number of hydrogen-bond donors (Lipinski definition) is 1. The number of nitrogens with one attached hydrogen (secondary N) is 1. The van der Waals surface area contributed by atoms with Gasteiger partial charge in [-0.15, -0.1) is 0 Å². The first kappa shape index (κ1) is 11.8. The molecule has 1 fully saturated rings. The fourth-order valence-electron chi connectivity index (χ4n) is 2.00. The lowest BCUT2D eigenvalue weighted by atomic mass is 9.93. The summed E-state index contributed by atoms with van der Waals surface area (Å²) in [7, 11) is 0. The van der Waals surface area contributed by atoms with E-state index in [2.05, 4.69) is 5.32 Å². The van der Waals surface area contributed by atoms with Gasteiger partial charge in [-0.05, 0) is 19.8 Å². The maximum Gasteiger partial charge on any atom is 0.401 e. The van der Waals surface area contributed by atoms with Crippen molar-refractivity contribution in [2.45, 2.75) is 57.2 Å². The first-order chi connectivity index (χ1) is 6.41. The van der Waals surface area contributed by atoms with Crippen LogP contribution in [0.1, 0.15) is 45.4 Å². The standard InChI is InChI=1S/C10H18F3N/c1-9(14-8-10(11,12)13)6-4-2-3-5-7-9/h14H,2-8H2,1H3. The Hall–Kier alpha value is -0.250. The second-order valence-corrected chi connectivity index (χ2v) is 4.44. The Balaban J connectivity index is 2.39. The zero-order valence-electron chi connectivity index (χ0n) is 8.58. The van der Waals surface area contributed by atoms with Gasteiger partial charge in [-0.1, -0.05) is 25.7 Å². The van der Waals surface area contributed by atoms with Crippen LogP contribution in [0.3, 0.4) is 0 Å². The molecule has 0 amide bonds. The SMILES string of the molecule is CC1(NCC(F)(F)F)CCCCCC1. The first-order valence-electron chi connectivity index (χ1n) is 5.23. The molecule has 84 valence electrons. The van der Waals surface area contributed by atoms with Gasteiger partial charge in [0.05, 0.1) is 6.54 Å². The second-order valence-electron chi connectivity index (χ2n) is 4.44. The third-order valence-electron chi connectivity index (χ3n) is 2.92. The van der Waals surface area contributed by atoms with E-state index >= 15 is 0 Å². The van der Waals surface area contributed by atoms with E-state index < -0.39 is 12.7 Å². The molecule has 0 saturated heterocycles. The van der Waals surface area contributed by atoms with Crippen molar-refractivity contribution in [1.29, 1.82) is 0 Å². The summed E-state index contributed by atoms with van der Waals surface area (Å²) in [5.74, 6) is 0. The van der Waals surface area contributed by atoms with Crippen molar-refractivity contribution in [2.75, 3.05) is 6.54 Å². The van der Waals surface area contributed by atoms with Crippen molar-refractivity contribution in [2.24, 2.45) is 0 Å². The molecule has 1 saturated carbocycles. The molecule has 0 unspecified atom stereocenters. The molecule has 14 heavy (non-hydrogen) atoms. The van der Waals surface area contributed by atoms with Crippen LogP contribution in [0.2, 0.25) is 0 Å². The van der Waals surface area contributed by atoms with Gasteiger partial charge in [0, 0.05) is 5.54 Å². The van der Waals surface area contributed by atoms with Crippen molar-refractivity contribution in [1.82, 2.24) is 5.32 Å². The normalized spacial score (nSPS) is 23.1. The van der Waals surface area contributed by atoms with E-state index in [1.807, 2.05) is 6.92 Å². The van der Waals surface area contributed by atoms with Crippen LogP contribution >= 0.6 is 0 Å². The number of alkyl halides is 3. The third kappa shape index (κ3) is 4.31.